The van der Waals surface area contributed by atoms with Gasteiger partial charge in [-0.3, -0.25) is 0 Å². The summed E-state index contributed by atoms with van der Waals surface area (Å²) < 4.78 is 6.20. The minimum Gasteiger partial charge on any atom is -0.406 e. The largest absolute Gasteiger partial charge is 0.406 e. The Labute approximate surface area is 108 Å². The average molecular weight is 256 g/mol. The molecule has 0 aliphatic rings. The van der Waals surface area contributed by atoms with Gasteiger partial charge in [0.1, 0.15) is 12.4 Å². The van der Waals surface area contributed by atoms with Gasteiger partial charge in [-0.1, -0.05) is 40.7 Å². The first-order valence-corrected chi connectivity index (χ1v) is 9.21. The summed E-state index contributed by atoms with van der Waals surface area (Å²) in [6, 6.07) is 0. The van der Waals surface area contributed by atoms with E-state index in [0.29, 0.717) is 0 Å². The van der Waals surface area contributed by atoms with Gasteiger partial charge in [0.05, 0.1) is 0 Å². The summed E-state index contributed by atoms with van der Waals surface area (Å²) in [6.07, 6.45) is 3.25. The van der Waals surface area contributed by atoms with Gasteiger partial charge in [0.25, 0.3) is 0 Å². The first-order valence-electron chi connectivity index (χ1n) is 6.31. The predicted molar refractivity (Wildman–Crippen MR) is 76.7 cm³/mol. The van der Waals surface area contributed by atoms with Gasteiger partial charge in [-0.05, 0) is 24.6 Å². The van der Waals surface area contributed by atoms with Crippen LogP contribution in [0.5, 0.6) is 0 Å². The minimum atomic E-state index is -1.91. The van der Waals surface area contributed by atoms with Crippen LogP contribution < -0.4 is 0 Å². The standard InChI is InChI=1S/C14H28O2Si/c1-9-14(6,10-2)12(11-15)16-17(7,8)13(3,4)5/h9,11-12H,1,10H2,2-8H3/t12-,14+/m0/s1. The molecule has 0 aromatic heterocycles. The van der Waals surface area contributed by atoms with Crippen molar-refractivity contribution < 1.29 is 9.22 Å². The van der Waals surface area contributed by atoms with Crippen LogP contribution in [0, 0.1) is 5.41 Å². The van der Waals surface area contributed by atoms with Crippen molar-refractivity contribution in [1.82, 2.24) is 0 Å². The van der Waals surface area contributed by atoms with Crippen LogP contribution in [0.4, 0.5) is 0 Å². The Hall–Kier alpha value is -0.413. The first kappa shape index (κ1) is 16.6. The van der Waals surface area contributed by atoms with Gasteiger partial charge in [0.2, 0.25) is 0 Å². The van der Waals surface area contributed by atoms with Crippen molar-refractivity contribution >= 4 is 14.6 Å². The van der Waals surface area contributed by atoms with Crippen molar-refractivity contribution in [2.24, 2.45) is 5.41 Å². The second kappa shape index (κ2) is 5.49. The first-order chi connectivity index (χ1) is 7.54. The third-order valence-corrected chi connectivity index (χ3v) is 8.69. The monoisotopic (exact) mass is 256 g/mol. The molecule has 3 heteroatoms. The van der Waals surface area contributed by atoms with E-state index in [9.17, 15) is 4.79 Å². The van der Waals surface area contributed by atoms with Crippen molar-refractivity contribution in [3.63, 3.8) is 0 Å². The Kier molecular flexibility index (Phi) is 5.35. The molecule has 0 aliphatic heterocycles. The molecule has 0 unspecified atom stereocenters. The van der Waals surface area contributed by atoms with E-state index >= 15 is 0 Å². The number of carbonyl (C=O) groups excluding carboxylic acids is 1. The van der Waals surface area contributed by atoms with E-state index < -0.39 is 8.32 Å². The molecular formula is C14H28O2Si. The maximum absolute atomic E-state index is 11.3. The number of carbonyl (C=O) groups is 1. The smallest absolute Gasteiger partial charge is 0.193 e. The summed E-state index contributed by atoms with van der Waals surface area (Å²) in [5.74, 6) is 0. The Morgan fingerprint density at radius 1 is 1.29 bits per heavy atom. The molecule has 2 nitrogen and oxygen atoms in total. The van der Waals surface area contributed by atoms with Crippen molar-refractivity contribution in [1.29, 1.82) is 0 Å². The predicted octanol–water partition coefficient (Wildman–Crippen LogP) is 4.18. The lowest BCUT2D eigenvalue weighted by atomic mass is 9.82. The third kappa shape index (κ3) is 3.78. The zero-order chi connectivity index (χ0) is 13.9. The van der Waals surface area contributed by atoms with Crippen molar-refractivity contribution in [3.05, 3.63) is 12.7 Å². The number of rotatable bonds is 6. The van der Waals surface area contributed by atoms with Gasteiger partial charge < -0.3 is 9.22 Å². The van der Waals surface area contributed by atoms with Crippen molar-refractivity contribution in [3.8, 4) is 0 Å². The van der Waals surface area contributed by atoms with Crippen LogP contribution in [0.2, 0.25) is 18.1 Å². The second-order valence-corrected chi connectivity index (χ2v) is 11.3. The van der Waals surface area contributed by atoms with Crippen LogP contribution in [0.3, 0.4) is 0 Å². The molecular weight excluding hydrogens is 228 g/mol. The second-order valence-electron chi connectivity index (χ2n) is 6.50. The molecule has 100 valence electrons. The van der Waals surface area contributed by atoms with E-state index in [1.54, 1.807) is 0 Å². The van der Waals surface area contributed by atoms with Crippen LogP contribution in [0.25, 0.3) is 0 Å². The minimum absolute atomic E-state index is 0.115. The lowest BCUT2D eigenvalue weighted by Gasteiger charge is -2.42. The molecule has 0 aromatic carbocycles. The molecule has 0 saturated heterocycles. The van der Waals surface area contributed by atoms with Crippen LogP contribution in [-0.2, 0) is 9.22 Å². The van der Waals surface area contributed by atoms with Gasteiger partial charge >= 0.3 is 0 Å². The highest BCUT2D eigenvalue weighted by molar-refractivity contribution is 6.74. The van der Waals surface area contributed by atoms with E-state index in [1.807, 2.05) is 13.0 Å². The normalized spacial score (nSPS) is 18.3. The average Bonchev–Trinajstić information content (AvgIpc) is 2.23. The third-order valence-electron chi connectivity index (χ3n) is 4.23. The van der Waals surface area contributed by atoms with Gasteiger partial charge in [0, 0.05) is 5.41 Å². The molecule has 0 heterocycles. The lowest BCUT2D eigenvalue weighted by molar-refractivity contribution is -0.118. The highest BCUT2D eigenvalue weighted by atomic mass is 28.4. The molecule has 0 bridgehead atoms. The summed E-state index contributed by atoms with van der Waals surface area (Å²) >= 11 is 0. The summed E-state index contributed by atoms with van der Waals surface area (Å²) in [6.45, 7) is 18.8. The number of hydrogen-bond acceptors (Lipinski definition) is 2. The Morgan fingerprint density at radius 3 is 2.00 bits per heavy atom. The molecule has 2 atom stereocenters. The van der Waals surface area contributed by atoms with Gasteiger partial charge in [-0.2, -0.15) is 0 Å². The SMILES string of the molecule is C=C[C@](C)(CC)[C@H](C=O)O[Si](C)(C)C(C)(C)C. The molecule has 0 radical (unpaired) electrons. The van der Waals surface area contributed by atoms with Crippen LogP contribution in [-0.4, -0.2) is 20.7 Å². The molecule has 0 fully saturated rings. The van der Waals surface area contributed by atoms with Crippen molar-refractivity contribution in [2.75, 3.05) is 0 Å². The molecule has 0 spiro atoms. The quantitative estimate of drug-likeness (QED) is 0.405. The fourth-order valence-corrected chi connectivity index (χ4v) is 2.59. The maximum Gasteiger partial charge on any atom is 0.193 e. The van der Waals surface area contributed by atoms with Crippen LogP contribution in [0.1, 0.15) is 41.0 Å². The van der Waals surface area contributed by atoms with E-state index in [2.05, 4.69) is 47.4 Å². The molecule has 0 rings (SSSR count). The molecule has 0 aromatic rings. The Bertz CT molecular complexity index is 278. The van der Waals surface area contributed by atoms with Gasteiger partial charge in [-0.25, -0.2) is 0 Å². The molecule has 0 N–H and O–H groups in total. The topological polar surface area (TPSA) is 26.3 Å². The van der Waals surface area contributed by atoms with Crippen LogP contribution >= 0.6 is 0 Å². The Morgan fingerprint density at radius 2 is 1.76 bits per heavy atom. The lowest BCUT2D eigenvalue weighted by Crippen LogP contribution is -2.48. The molecule has 17 heavy (non-hydrogen) atoms. The fourth-order valence-electron chi connectivity index (χ4n) is 1.27. The van der Waals surface area contributed by atoms with E-state index in [-0.39, 0.29) is 16.6 Å². The summed E-state index contributed by atoms with van der Waals surface area (Å²) in [5, 5.41) is 0.115. The van der Waals surface area contributed by atoms with Gasteiger partial charge in [0.15, 0.2) is 8.32 Å². The zero-order valence-corrected chi connectivity index (χ0v) is 13.5. The number of hydrogen-bond donors (Lipinski definition) is 0. The molecule has 0 amide bonds. The summed E-state index contributed by atoms with van der Waals surface area (Å²) in [4.78, 5) is 11.3. The maximum atomic E-state index is 11.3. The van der Waals surface area contributed by atoms with Crippen LogP contribution in [0.15, 0.2) is 12.7 Å². The van der Waals surface area contributed by atoms with E-state index in [0.717, 1.165) is 12.7 Å². The van der Waals surface area contributed by atoms with Crippen molar-refractivity contribution in [2.45, 2.75) is 65.3 Å². The highest BCUT2D eigenvalue weighted by Gasteiger charge is 2.42. The van der Waals surface area contributed by atoms with E-state index in [1.165, 1.54) is 0 Å². The number of aldehydes is 1. The van der Waals surface area contributed by atoms with Gasteiger partial charge in [-0.15, -0.1) is 6.58 Å². The van der Waals surface area contributed by atoms with E-state index in [4.69, 9.17) is 4.43 Å². The highest BCUT2D eigenvalue weighted by Crippen LogP contribution is 2.40. The Balaban J connectivity index is 5.08. The zero-order valence-electron chi connectivity index (χ0n) is 12.5. The molecule has 0 aliphatic carbocycles. The summed E-state index contributed by atoms with van der Waals surface area (Å²) in [5.41, 5.74) is -0.267. The molecule has 0 saturated carbocycles. The fraction of sp³-hybridized carbons (Fsp3) is 0.786. The summed E-state index contributed by atoms with van der Waals surface area (Å²) in [7, 11) is -1.91.